The summed E-state index contributed by atoms with van der Waals surface area (Å²) in [7, 11) is 0. The van der Waals surface area contributed by atoms with E-state index in [1.54, 1.807) is 0 Å². The molecule has 2 N–H and O–H groups in total. The van der Waals surface area contributed by atoms with Crippen molar-refractivity contribution in [2.45, 2.75) is 38.9 Å². The van der Waals surface area contributed by atoms with Crippen LogP contribution in [-0.2, 0) is 6.18 Å². The van der Waals surface area contributed by atoms with E-state index < -0.39 is 11.9 Å². The minimum absolute atomic E-state index is 0.204. The zero-order valence-corrected chi connectivity index (χ0v) is 10.9. The summed E-state index contributed by atoms with van der Waals surface area (Å²) in [5.41, 5.74) is 4.41. The number of nitrogens with two attached hydrogens (primary N) is 1. The third-order valence-corrected chi connectivity index (χ3v) is 3.38. The molecule has 1 aliphatic rings. The highest BCUT2D eigenvalue weighted by Crippen LogP contribution is 2.33. The highest BCUT2D eigenvalue weighted by Gasteiger charge is 2.35. The Bertz CT molecular complexity index is 459. The van der Waals surface area contributed by atoms with Gasteiger partial charge in [-0.1, -0.05) is 13.8 Å². The van der Waals surface area contributed by atoms with Crippen molar-refractivity contribution in [2.24, 2.45) is 5.92 Å². The Balaban J connectivity index is 2.37. The molecular formula is C12H17F3N4. The first-order valence-electron chi connectivity index (χ1n) is 6.27. The first-order valence-corrected chi connectivity index (χ1v) is 6.27. The number of nitrogens with zero attached hydrogens (tertiary/aromatic N) is 3. The van der Waals surface area contributed by atoms with Crippen molar-refractivity contribution in [3.05, 3.63) is 11.8 Å². The third kappa shape index (κ3) is 2.90. The topological polar surface area (TPSA) is 55.0 Å². The highest BCUT2D eigenvalue weighted by molar-refractivity contribution is 5.46. The number of hydrogen-bond acceptors (Lipinski definition) is 4. The second-order valence-electron chi connectivity index (χ2n) is 5.11. The van der Waals surface area contributed by atoms with Crippen LogP contribution in [0.3, 0.4) is 0 Å². The van der Waals surface area contributed by atoms with E-state index in [1.807, 2.05) is 4.90 Å². The average molecular weight is 274 g/mol. The van der Waals surface area contributed by atoms with Crippen LogP contribution in [0, 0.1) is 5.92 Å². The second-order valence-corrected chi connectivity index (χ2v) is 5.11. The van der Waals surface area contributed by atoms with Gasteiger partial charge in [0.1, 0.15) is 5.82 Å². The van der Waals surface area contributed by atoms with Gasteiger partial charge in [-0.3, -0.25) is 0 Å². The molecular weight excluding hydrogens is 257 g/mol. The highest BCUT2D eigenvalue weighted by atomic mass is 19.4. The number of rotatable bonds is 2. The molecule has 4 nitrogen and oxygen atoms in total. The van der Waals surface area contributed by atoms with Gasteiger partial charge in [0, 0.05) is 18.7 Å². The lowest BCUT2D eigenvalue weighted by molar-refractivity contribution is -0.141. The number of alkyl halides is 3. The van der Waals surface area contributed by atoms with E-state index in [0.29, 0.717) is 12.5 Å². The van der Waals surface area contributed by atoms with Crippen LogP contribution in [-0.4, -0.2) is 22.6 Å². The first kappa shape index (κ1) is 13.9. The average Bonchev–Trinajstić information content (AvgIpc) is 2.75. The smallest absolute Gasteiger partial charge is 0.368 e. The summed E-state index contributed by atoms with van der Waals surface area (Å²) in [5, 5.41) is 0. The molecule has 1 aliphatic heterocycles. The van der Waals surface area contributed by atoms with Crippen molar-refractivity contribution in [2.75, 3.05) is 17.2 Å². The molecule has 1 saturated heterocycles. The molecule has 0 aliphatic carbocycles. The second kappa shape index (κ2) is 4.86. The van der Waals surface area contributed by atoms with Crippen molar-refractivity contribution in [1.29, 1.82) is 0 Å². The molecule has 1 fully saturated rings. The summed E-state index contributed by atoms with van der Waals surface area (Å²) in [6.45, 7) is 4.81. The summed E-state index contributed by atoms with van der Waals surface area (Å²) in [5.74, 6) is 0.295. The van der Waals surface area contributed by atoms with Gasteiger partial charge in [0.15, 0.2) is 5.69 Å². The predicted octanol–water partition coefficient (Wildman–Crippen LogP) is 2.70. The summed E-state index contributed by atoms with van der Waals surface area (Å²) in [4.78, 5) is 9.12. The SMILES string of the molecule is CC(C)C1CCCN1c1cc(C(F)(F)F)nc(N)n1. The quantitative estimate of drug-likeness (QED) is 0.901. The Labute approximate surface area is 109 Å². The fraction of sp³-hybridized carbons (Fsp3) is 0.667. The maximum atomic E-state index is 12.7. The van der Waals surface area contributed by atoms with E-state index in [2.05, 4.69) is 23.8 Å². The maximum absolute atomic E-state index is 12.7. The molecule has 7 heteroatoms. The van der Waals surface area contributed by atoms with Crippen LogP contribution in [0.25, 0.3) is 0 Å². The fourth-order valence-electron chi connectivity index (χ4n) is 2.52. The van der Waals surface area contributed by atoms with Crippen LogP contribution in [0.4, 0.5) is 24.9 Å². The third-order valence-electron chi connectivity index (χ3n) is 3.38. The van der Waals surface area contributed by atoms with Gasteiger partial charge >= 0.3 is 6.18 Å². The monoisotopic (exact) mass is 274 g/mol. The van der Waals surface area contributed by atoms with Crippen molar-refractivity contribution in [3.8, 4) is 0 Å². The minimum atomic E-state index is -4.50. The van der Waals surface area contributed by atoms with E-state index in [0.717, 1.165) is 18.9 Å². The molecule has 106 valence electrons. The van der Waals surface area contributed by atoms with Crippen LogP contribution in [0.15, 0.2) is 6.07 Å². The van der Waals surface area contributed by atoms with Gasteiger partial charge in [-0.15, -0.1) is 0 Å². The maximum Gasteiger partial charge on any atom is 0.433 e. The zero-order valence-electron chi connectivity index (χ0n) is 10.9. The van der Waals surface area contributed by atoms with E-state index in [1.165, 1.54) is 0 Å². The molecule has 1 aromatic heterocycles. The Morgan fingerprint density at radius 1 is 1.37 bits per heavy atom. The molecule has 1 aromatic rings. The summed E-state index contributed by atoms with van der Waals surface area (Å²) >= 11 is 0. The predicted molar refractivity (Wildman–Crippen MR) is 66.7 cm³/mol. The van der Waals surface area contributed by atoms with Crippen LogP contribution in [0.5, 0.6) is 0 Å². The number of nitrogen functional groups attached to an aromatic ring is 1. The summed E-state index contributed by atoms with van der Waals surface area (Å²) in [6, 6.07) is 1.19. The van der Waals surface area contributed by atoms with Gasteiger partial charge in [0.2, 0.25) is 5.95 Å². The van der Waals surface area contributed by atoms with Crippen LogP contribution >= 0.6 is 0 Å². The van der Waals surface area contributed by atoms with Crippen molar-refractivity contribution >= 4 is 11.8 Å². The number of halogens is 3. The van der Waals surface area contributed by atoms with Crippen LogP contribution < -0.4 is 10.6 Å². The van der Waals surface area contributed by atoms with Crippen LogP contribution in [0.2, 0.25) is 0 Å². The van der Waals surface area contributed by atoms with Gasteiger partial charge in [-0.05, 0) is 18.8 Å². The Hall–Kier alpha value is -1.53. The Kier molecular flexibility index (Phi) is 3.56. The lowest BCUT2D eigenvalue weighted by Crippen LogP contribution is -2.34. The molecule has 1 unspecified atom stereocenters. The molecule has 1 atom stereocenters. The molecule has 0 aromatic carbocycles. The molecule has 0 saturated carbocycles. The van der Waals surface area contributed by atoms with Gasteiger partial charge in [-0.2, -0.15) is 18.2 Å². The molecule has 0 radical (unpaired) electrons. The van der Waals surface area contributed by atoms with E-state index in [-0.39, 0.29) is 17.8 Å². The standard InChI is InChI=1S/C12H17F3N4/c1-7(2)8-4-3-5-19(8)10-6-9(12(13,14)15)17-11(16)18-10/h6-8H,3-5H2,1-2H3,(H2,16,17,18). The summed E-state index contributed by atoms with van der Waals surface area (Å²) < 4.78 is 38.2. The number of anilines is 2. The van der Waals surface area contributed by atoms with E-state index in [9.17, 15) is 13.2 Å². The zero-order chi connectivity index (χ0) is 14.2. The largest absolute Gasteiger partial charge is 0.433 e. The van der Waals surface area contributed by atoms with E-state index in [4.69, 9.17) is 5.73 Å². The molecule has 2 rings (SSSR count). The molecule has 0 amide bonds. The lowest BCUT2D eigenvalue weighted by atomic mass is 10.0. The van der Waals surface area contributed by atoms with E-state index >= 15 is 0 Å². The van der Waals surface area contributed by atoms with Gasteiger partial charge in [0.25, 0.3) is 0 Å². The van der Waals surface area contributed by atoms with Gasteiger partial charge in [-0.25, -0.2) is 4.98 Å². The lowest BCUT2D eigenvalue weighted by Gasteiger charge is -2.29. The van der Waals surface area contributed by atoms with Crippen molar-refractivity contribution in [1.82, 2.24) is 9.97 Å². The minimum Gasteiger partial charge on any atom is -0.368 e. The van der Waals surface area contributed by atoms with Gasteiger partial charge < -0.3 is 10.6 Å². The normalized spacial score (nSPS) is 20.3. The molecule has 0 bridgehead atoms. The fourth-order valence-corrected chi connectivity index (χ4v) is 2.52. The number of aromatic nitrogens is 2. The van der Waals surface area contributed by atoms with Gasteiger partial charge in [0.05, 0.1) is 0 Å². The Morgan fingerprint density at radius 3 is 2.63 bits per heavy atom. The molecule has 2 heterocycles. The number of hydrogen-bond donors (Lipinski definition) is 1. The summed E-state index contributed by atoms with van der Waals surface area (Å²) in [6.07, 6.45) is -2.59. The Morgan fingerprint density at radius 2 is 2.05 bits per heavy atom. The van der Waals surface area contributed by atoms with Crippen LogP contribution in [0.1, 0.15) is 32.4 Å². The van der Waals surface area contributed by atoms with Crippen molar-refractivity contribution in [3.63, 3.8) is 0 Å². The first-order chi connectivity index (χ1) is 8.79. The van der Waals surface area contributed by atoms with Crippen molar-refractivity contribution < 1.29 is 13.2 Å². The molecule has 19 heavy (non-hydrogen) atoms. The molecule has 0 spiro atoms.